The number of carbonyl (C=O) groups excluding carboxylic acids is 2. The van der Waals surface area contributed by atoms with Gasteiger partial charge in [-0.1, -0.05) is 30.7 Å². The largest absolute Gasteiger partial charge is 0.356 e. The van der Waals surface area contributed by atoms with Gasteiger partial charge in [0.15, 0.2) is 11.6 Å². The van der Waals surface area contributed by atoms with E-state index < -0.39 is 0 Å². The quantitative estimate of drug-likeness (QED) is 0.117. The van der Waals surface area contributed by atoms with E-state index in [1.165, 1.54) is 25.5 Å². The number of carbonyl (C=O) groups is 2. The van der Waals surface area contributed by atoms with Crippen LogP contribution in [0.2, 0.25) is 0 Å². The lowest BCUT2D eigenvalue weighted by molar-refractivity contribution is 0.101. The van der Waals surface area contributed by atoms with E-state index in [9.17, 15) is 9.59 Å². The van der Waals surface area contributed by atoms with Crippen molar-refractivity contribution in [1.82, 2.24) is 40.3 Å². The van der Waals surface area contributed by atoms with Crippen LogP contribution in [0.3, 0.4) is 0 Å². The summed E-state index contributed by atoms with van der Waals surface area (Å²) in [4.78, 5) is 48.9. The number of aromatic amines is 2. The van der Waals surface area contributed by atoms with E-state index in [1.807, 2.05) is 83.1 Å². The molecule has 0 atom stereocenters. The number of hydrogen-bond donors (Lipinski definition) is 4. The third kappa shape index (κ3) is 9.39. The number of H-pyrrole nitrogens is 2. The van der Waals surface area contributed by atoms with Gasteiger partial charge in [0.25, 0.3) is 11.8 Å². The molecule has 0 saturated carbocycles. The van der Waals surface area contributed by atoms with Crippen LogP contribution in [0.4, 0.5) is 23.0 Å². The molecular weight excluding hydrogens is 729 g/mol. The summed E-state index contributed by atoms with van der Waals surface area (Å²) in [5.41, 5.74) is 9.30. The summed E-state index contributed by atoms with van der Waals surface area (Å²) < 4.78 is 0. The van der Waals surface area contributed by atoms with Crippen molar-refractivity contribution in [1.29, 1.82) is 0 Å². The lowest BCUT2D eigenvalue weighted by Crippen LogP contribution is -2.32. The maximum absolute atomic E-state index is 13.3. The molecule has 14 nitrogen and oxygen atoms in total. The highest BCUT2D eigenvalue weighted by atomic mass is 16.2. The van der Waals surface area contributed by atoms with Gasteiger partial charge in [-0.25, -0.2) is 19.9 Å². The molecule has 0 radical (unpaired) electrons. The zero-order chi connectivity index (χ0) is 39.9. The number of amides is 2. The molecule has 0 unspecified atom stereocenters. The first-order chi connectivity index (χ1) is 27.7. The fraction of sp³-hybridized carbons (Fsp3) is 0.364. The summed E-state index contributed by atoms with van der Waals surface area (Å²) in [6.07, 6.45) is 11.7. The van der Waals surface area contributed by atoms with Crippen molar-refractivity contribution in [3.63, 3.8) is 0 Å². The van der Waals surface area contributed by atoms with Crippen LogP contribution in [0.1, 0.15) is 94.6 Å². The maximum atomic E-state index is 13.3. The lowest BCUT2D eigenvalue weighted by Gasteiger charge is -2.29. The Morgan fingerprint density at radius 3 is 1.64 bits per heavy atom. The molecule has 6 heterocycles. The number of hydrogen-bond acceptors (Lipinski definition) is 10. The number of rotatable bonds is 8. The number of nitrogens with one attached hydrogen (secondary N) is 4. The molecule has 0 spiro atoms. The highest BCUT2D eigenvalue weighted by molar-refractivity contribution is 6.10. The van der Waals surface area contributed by atoms with Gasteiger partial charge in [0, 0.05) is 49.2 Å². The van der Waals surface area contributed by atoms with Crippen molar-refractivity contribution in [3.8, 4) is 22.8 Å². The Bertz CT molecular complexity index is 2330. The van der Waals surface area contributed by atoms with E-state index >= 15 is 0 Å². The fourth-order valence-corrected chi connectivity index (χ4v) is 7.35. The van der Waals surface area contributed by atoms with E-state index in [2.05, 4.69) is 55.8 Å². The second-order valence-corrected chi connectivity index (χ2v) is 14.9. The fourth-order valence-electron chi connectivity index (χ4n) is 7.35. The molecule has 0 bridgehead atoms. The molecular formula is C44H54N12O2. The van der Waals surface area contributed by atoms with Crippen LogP contribution in [-0.2, 0) is 0 Å². The third-order valence-electron chi connectivity index (χ3n) is 10.6. The molecule has 2 fully saturated rings. The van der Waals surface area contributed by atoms with Gasteiger partial charge in [-0.15, -0.1) is 0 Å². The summed E-state index contributed by atoms with van der Waals surface area (Å²) in [6.45, 7) is 13.7. The van der Waals surface area contributed by atoms with Crippen molar-refractivity contribution < 1.29 is 9.59 Å². The Morgan fingerprint density at radius 2 is 1.12 bits per heavy atom. The summed E-state index contributed by atoms with van der Waals surface area (Å²) in [7, 11) is 0. The van der Waals surface area contributed by atoms with Gasteiger partial charge >= 0.3 is 0 Å². The van der Waals surface area contributed by atoms with Crippen molar-refractivity contribution in [2.45, 2.75) is 80.6 Å². The van der Waals surface area contributed by atoms with Crippen molar-refractivity contribution in [2.24, 2.45) is 0 Å². The predicted octanol–water partition coefficient (Wildman–Crippen LogP) is 8.40. The van der Waals surface area contributed by atoms with Gasteiger partial charge in [0.2, 0.25) is 0 Å². The molecule has 2 amide bonds. The second-order valence-electron chi connectivity index (χ2n) is 14.9. The number of aromatic nitrogens is 8. The molecule has 2 aromatic carbocycles. The zero-order valence-corrected chi connectivity index (χ0v) is 33.3. The number of pyridine rings is 2. The van der Waals surface area contributed by atoms with Crippen LogP contribution in [-0.4, -0.2) is 78.3 Å². The average Bonchev–Trinajstić information content (AvgIpc) is 3.97. The van der Waals surface area contributed by atoms with Crippen LogP contribution in [0.15, 0.2) is 67.4 Å². The molecule has 58 heavy (non-hydrogen) atoms. The highest BCUT2D eigenvalue weighted by Gasteiger charge is 2.24. The summed E-state index contributed by atoms with van der Waals surface area (Å²) in [5, 5.41) is 19.8. The topological polar surface area (TPSA) is 174 Å². The normalized spacial score (nSPS) is 13.9. The predicted molar refractivity (Wildman–Crippen MR) is 231 cm³/mol. The first-order valence-electron chi connectivity index (χ1n) is 19.7. The Labute approximate surface area is 340 Å². The van der Waals surface area contributed by atoms with Gasteiger partial charge in [-0.3, -0.25) is 19.8 Å². The van der Waals surface area contributed by atoms with E-state index in [4.69, 9.17) is 4.98 Å². The Balaban J connectivity index is 0.000000192. The number of piperidine rings is 2. The SMILES string of the molecule is C.Cc1ccc(NC(=O)c2c(C)ccnc2N2CCCCC2)c(-c2ncn[nH]2)c1.Cc1ccc(NC(=O)c2cc(C)c(C)nc2N2CCCCC2)c(-c2ncn[nH]2)c1. The smallest absolute Gasteiger partial charge is 0.259 e. The molecule has 2 aliphatic rings. The molecule has 0 aliphatic carbocycles. The number of aryl methyl sites for hydroxylation is 5. The van der Waals surface area contributed by atoms with E-state index in [-0.39, 0.29) is 19.2 Å². The standard InChI is InChI=1S/C22H26N6O.C21H24N6O.CH4/c1-14-7-8-19(17(11-14)20-23-13-24-27-20)26-22(29)18-12-15(2)16(3)25-21(18)28-9-5-4-6-10-28;1-14-6-7-17(16(12-14)19-23-13-24-26-19)25-21(28)18-15(2)8-9-22-20(18)27-10-4-3-5-11-27;/h7-8,11-13H,4-6,9-10H2,1-3H3,(H,26,29)(H,23,24,27);6-9,12-13H,3-5,10-11H2,1-2H3,(H,25,28)(H,23,24,26);1H4. The van der Waals surface area contributed by atoms with Gasteiger partial charge in [0.1, 0.15) is 24.3 Å². The Morgan fingerprint density at radius 1 is 0.603 bits per heavy atom. The Kier molecular flexibility index (Phi) is 13.3. The number of nitrogens with zero attached hydrogens (tertiary/aromatic N) is 8. The maximum Gasteiger partial charge on any atom is 0.259 e. The monoisotopic (exact) mass is 782 g/mol. The second kappa shape index (κ2) is 18.7. The number of benzene rings is 2. The van der Waals surface area contributed by atoms with Gasteiger partial charge in [-0.2, -0.15) is 10.2 Å². The van der Waals surface area contributed by atoms with Crippen LogP contribution in [0, 0.1) is 34.6 Å². The summed E-state index contributed by atoms with van der Waals surface area (Å²) in [5.74, 6) is 2.47. The lowest BCUT2D eigenvalue weighted by atomic mass is 10.1. The van der Waals surface area contributed by atoms with Crippen LogP contribution >= 0.6 is 0 Å². The molecule has 8 rings (SSSR count). The van der Waals surface area contributed by atoms with Crippen molar-refractivity contribution >= 4 is 34.8 Å². The minimum atomic E-state index is -0.161. The van der Waals surface area contributed by atoms with E-state index in [1.54, 1.807) is 6.20 Å². The first-order valence-corrected chi connectivity index (χ1v) is 19.7. The van der Waals surface area contributed by atoms with Crippen LogP contribution in [0.5, 0.6) is 0 Å². The molecule has 6 aromatic rings. The highest BCUT2D eigenvalue weighted by Crippen LogP contribution is 2.31. The molecule has 14 heteroatoms. The van der Waals surface area contributed by atoms with Crippen molar-refractivity contribution in [2.75, 3.05) is 46.6 Å². The minimum Gasteiger partial charge on any atom is -0.356 e. The van der Waals surface area contributed by atoms with Crippen LogP contribution in [0.25, 0.3) is 22.8 Å². The third-order valence-corrected chi connectivity index (χ3v) is 10.6. The summed E-state index contributed by atoms with van der Waals surface area (Å²) in [6, 6.07) is 15.5. The minimum absolute atomic E-state index is 0. The van der Waals surface area contributed by atoms with E-state index in [0.29, 0.717) is 34.2 Å². The molecule has 2 aliphatic heterocycles. The van der Waals surface area contributed by atoms with Gasteiger partial charge in [-0.05, 0) is 121 Å². The molecule has 4 N–H and O–H groups in total. The Hall–Kier alpha value is -6.44. The molecule has 2 saturated heterocycles. The van der Waals surface area contributed by atoms with Gasteiger partial charge in [0.05, 0.1) is 22.5 Å². The van der Waals surface area contributed by atoms with E-state index in [0.717, 1.165) is 103 Å². The van der Waals surface area contributed by atoms with Crippen molar-refractivity contribution in [3.05, 3.63) is 106 Å². The van der Waals surface area contributed by atoms with Crippen LogP contribution < -0.4 is 20.4 Å². The molecule has 4 aromatic heterocycles. The molecule has 302 valence electrons. The first kappa shape index (κ1) is 41.2. The number of anilines is 4. The van der Waals surface area contributed by atoms with Gasteiger partial charge < -0.3 is 20.4 Å². The summed E-state index contributed by atoms with van der Waals surface area (Å²) >= 11 is 0. The average molecular weight is 783 g/mol. The zero-order valence-electron chi connectivity index (χ0n) is 33.3.